The van der Waals surface area contributed by atoms with Gasteiger partial charge in [-0.1, -0.05) is 6.07 Å². The molecule has 0 saturated heterocycles. The summed E-state index contributed by atoms with van der Waals surface area (Å²) in [5.41, 5.74) is 2.18. The van der Waals surface area contributed by atoms with E-state index < -0.39 is 0 Å². The Kier molecular flexibility index (Phi) is 4.08. The molecule has 3 aromatic rings. The van der Waals surface area contributed by atoms with Crippen molar-refractivity contribution in [3.63, 3.8) is 0 Å². The van der Waals surface area contributed by atoms with E-state index >= 15 is 0 Å². The summed E-state index contributed by atoms with van der Waals surface area (Å²) in [7, 11) is 2.06. The van der Waals surface area contributed by atoms with Gasteiger partial charge in [0.05, 0.1) is 11.4 Å². The fraction of sp³-hybridized carbons (Fsp3) is 0.267. The van der Waals surface area contributed by atoms with Gasteiger partial charge in [0.2, 0.25) is 0 Å². The first-order chi connectivity index (χ1) is 10.2. The van der Waals surface area contributed by atoms with Crippen LogP contribution in [0.1, 0.15) is 17.1 Å². The van der Waals surface area contributed by atoms with Gasteiger partial charge >= 0.3 is 0 Å². The highest BCUT2D eigenvalue weighted by atomic mass is 32.1. The zero-order valence-corrected chi connectivity index (χ0v) is 12.9. The lowest BCUT2D eigenvalue weighted by molar-refractivity contribution is 0.311. The molecule has 0 atom stereocenters. The standard InChI is InChI=1S/C15H17N5S/c1-11-6-16-14(19-11)10-20(2)9-12-7-17-15(18-8-12)13-4-3-5-21-13/h3-8H,9-10H2,1-2H3,(H,16,19). The summed E-state index contributed by atoms with van der Waals surface area (Å²) in [6, 6.07) is 4.04. The SMILES string of the molecule is Cc1cnc(CN(C)Cc2cnc(-c3cccs3)nc2)[nH]1. The number of H-pyrrole nitrogens is 1. The molecule has 0 aromatic carbocycles. The summed E-state index contributed by atoms with van der Waals surface area (Å²) in [6.45, 7) is 3.58. The molecule has 3 aromatic heterocycles. The Morgan fingerprint density at radius 2 is 1.95 bits per heavy atom. The molecular weight excluding hydrogens is 282 g/mol. The normalized spacial score (nSPS) is 11.2. The number of imidazole rings is 1. The lowest BCUT2D eigenvalue weighted by Crippen LogP contribution is -2.18. The lowest BCUT2D eigenvalue weighted by atomic mass is 10.3. The van der Waals surface area contributed by atoms with Crippen LogP contribution in [0.2, 0.25) is 0 Å². The topological polar surface area (TPSA) is 57.7 Å². The monoisotopic (exact) mass is 299 g/mol. The van der Waals surface area contributed by atoms with Crippen LogP contribution in [0.25, 0.3) is 10.7 Å². The second kappa shape index (κ2) is 6.15. The number of rotatable bonds is 5. The largest absolute Gasteiger partial charge is 0.345 e. The van der Waals surface area contributed by atoms with Crippen LogP contribution >= 0.6 is 11.3 Å². The fourth-order valence-electron chi connectivity index (χ4n) is 2.14. The number of aryl methyl sites for hydroxylation is 1. The molecule has 6 heteroatoms. The van der Waals surface area contributed by atoms with Gasteiger partial charge in [-0.3, -0.25) is 4.90 Å². The van der Waals surface area contributed by atoms with E-state index in [2.05, 4.69) is 31.9 Å². The minimum Gasteiger partial charge on any atom is -0.345 e. The van der Waals surface area contributed by atoms with Crippen LogP contribution in [0.5, 0.6) is 0 Å². The van der Waals surface area contributed by atoms with E-state index in [9.17, 15) is 0 Å². The molecule has 21 heavy (non-hydrogen) atoms. The Bertz CT molecular complexity index is 687. The number of aromatic amines is 1. The Balaban J connectivity index is 1.62. The molecule has 0 fully saturated rings. The van der Waals surface area contributed by atoms with Gasteiger partial charge in [0.25, 0.3) is 0 Å². The molecule has 108 valence electrons. The molecule has 5 nitrogen and oxygen atoms in total. The summed E-state index contributed by atoms with van der Waals surface area (Å²) in [5, 5.41) is 2.03. The van der Waals surface area contributed by atoms with E-state index in [1.54, 1.807) is 11.3 Å². The highest BCUT2D eigenvalue weighted by Gasteiger charge is 2.06. The van der Waals surface area contributed by atoms with Gasteiger partial charge in [-0.2, -0.15) is 0 Å². The molecule has 0 unspecified atom stereocenters. The molecule has 3 rings (SSSR count). The first-order valence-corrected chi connectivity index (χ1v) is 7.62. The zero-order valence-electron chi connectivity index (χ0n) is 12.1. The zero-order chi connectivity index (χ0) is 14.7. The molecule has 0 saturated carbocycles. The van der Waals surface area contributed by atoms with Crippen molar-refractivity contribution in [2.45, 2.75) is 20.0 Å². The van der Waals surface area contributed by atoms with Crippen LogP contribution in [0.15, 0.2) is 36.1 Å². The van der Waals surface area contributed by atoms with E-state index in [-0.39, 0.29) is 0 Å². The van der Waals surface area contributed by atoms with E-state index in [4.69, 9.17) is 0 Å². The quantitative estimate of drug-likeness (QED) is 0.787. The van der Waals surface area contributed by atoms with Gasteiger partial charge in [0, 0.05) is 36.4 Å². The predicted octanol–water partition coefficient (Wildman–Crippen LogP) is 2.87. The summed E-state index contributed by atoms with van der Waals surface area (Å²) >= 11 is 1.65. The molecular formula is C15H17N5S. The van der Waals surface area contributed by atoms with Gasteiger partial charge in [-0.25, -0.2) is 15.0 Å². The molecule has 1 N–H and O–H groups in total. The lowest BCUT2D eigenvalue weighted by Gasteiger charge is -2.14. The average Bonchev–Trinajstić information content (AvgIpc) is 3.11. The molecule has 0 radical (unpaired) electrons. The van der Waals surface area contributed by atoms with Crippen LogP contribution in [-0.4, -0.2) is 31.9 Å². The van der Waals surface area contributed by atoms with Crippen molar-refractivity contribution in [2.75, 3.05) is 7.05 Å². The molecule has 3 heterocycles. The third-order valence-corrected chi connectivity index (χ3v) is 3.94. The van der Waals surface area contributed by atoms with E-state index in [0.717, 1.165) is 40.9 Å². The van der Waals surface area contributed by atoms with Crippen molar-refractivity contribution < 1.29 is 0 Å². The molecule has 0 spiro atoms. The molecule has 0 aliphatic heterocycles. The minimum absolute atomic E-state index is 0.778. The van der Waals surface area contributed by atoms with Crippen molar-refractivity contribution in [3.05, 3.63) is 53.2 Å². The number of aromatic nitrogens is 4. The van der Waals surface area contributed by atoms with Crippen molar-refractivity contribution in [3.8, 4) is 10.7 Å². The average molecular weight is 299 g/mol. The number of thiophene rings is 1. The van der Waals surface area contributed by atoms with Gasteiger partial charge in [0.1, 0.15) is 5.82 Å². The number of hydrogen-bond acceptors (Lipinski definition) is 5. The number of hydrogen-bond donors (Lipinski definition) is 1. The minimum atomic E-state index is 0.778. The fourth-order valence-corrected chi connectivity index (χ4v) is 2.81. The maximum atomic E-state index is 4.43. The summed E-state index contributed by atoms with van der Waals surface area (Å²) < 4.78 is 0. The summed E-state index contributed by atoms with van der Waals surface area (Å²) in [6.07, 6.45) is 5.64. The van der Waals surface area contributed by atoms with Crippen molar-refractivity contribution in [1.82, 2.24) is 24.8 Å². The Morgan fingerprint density at radius 3 is 2.57 bits per heavy atom. The number of nitrogens with zero attached hydrogens (tertiary/aromatic N) is 4. The number of nitrogens with one attached hydrogen (secondary N) is 1. The highest BCUT2D eigenvalue weighted by molar-refractivity contribution is 7.13. The first-order valence-electron chi connectivity index (χ1n) is 6.74. The van der Waals surface area contributed by atoms with Crippen LogP contribution in [-0.2, 0) is 13.1 Å². The highest BCUT2D eigenvalue weighted by Crippen LogP contribution is 2.20. The van der Waals surface area contributed by atoms with Crippen LogP contribution in [0.4, 0.5) is 0 Å². The maximum absolute atomic E-state index is 4.43. The Labute approximate surface area is 127 Å². The third-order valence-electron chi connectivity index (χ3n) is 3.07. The van der Waals surface area contributed by atoms with Gasteiger partial charge in [-0.05, 0) is 25.4 Å². The van der Waals surface area contributed by atoms with Gasteiger partial charge < -0.3 is 4.98 Å². The van der Waals surface area contributed by atoms with Crippen LogP contribution < -0.4 is 0 Å². The smallest absolute Gasteiger partial charge is 0.169 e. The maximum Gasteiger partial charge on any atom is 0.169 e. The second-order valence-electron chi connectivity index (χ2n) is 5.08. The Hall–Kier alpha value is -2.05. The van der Waals surface area contributed by atoms with Gasteiger partial charge in [0.15, 0.2) is 5.82 Å². The predicted molar refractivity (Wildman–Crippen MR) is 83.8 cm³/mol. The van der Waals surface area contributed by atoms with E-state index in [1.807, 2.05) is 43.0 Å². The summed E-state index contributed by atoms with van der Waals surface area (Å²) in [4.78, 5) is 19.7. The van der Waals surface area contributed by atoms with E-state index in [1.165, 1.54) is 0 Å². The van der Waals surface area contributed by atoms with Crippen LogP contribution in [0.3, 0.4) is 0 Å². The van der Waals surface area contributed by atoms with Crippen LogP contribution in [0, 0.1) is 6.92 Å². The van der Waals surface area contributed by atoms with Gasteiger partial charge in [-0.15, -0.1) is 11.3 Å². The third kappa shape index (κ3) is 3.53. The molecule has 0 aliphatic carbocycles. The second-order valence-corrected chi connectivity index (χ2v) is 6.03. The molecule has 0 amide bonds. The molecule has 0 aliphatic rings. The van der Waals surface area contributed by atoms with Crippen molar-refractivity contribution in [2.24, 2.45) is 0 Å². The van der Waals surface area contributed by atoms with Crippen molar-refractivity contribution >= 4 is 11.3 Å². The summed E-state index contributed by atoms with van der Waals surface area (Å²) in [5.74, 6) is 1.77. The van der Waals surface area contributed by atoms with Crippen molar-refractivity contribution in [1.29, 1.82) is 0 Å². The first kappa shape index (κ1) is 13.9. The molecule has 0 bridgehead atoms. The Morgan fingerprint density at radius 1 is 1.14 bits per heavy atom. The van der Waals surface area contributed by atoms with E-state index in [0.29, 0.717) is 0 Å².